The van der Waals surface area contributed by atoms with Crippen LogP contribution in [-0.2, 0) is 19.1 Å². The number of nitrogens with zero attached hydrogens (tertiary/aromatic N) is 3. The Morgan fingerprint density at radius 3 is 2.81 bits per heavy atom. The highest BCUT2D eigenvalue weighted by atomic mass is 16.5. The van der Waals surface area contributed by atoms with Gasteiger partial charge in [-0.25, -0.2) is 4.79 Å². The van der Waals surface area contributed by atoms with Crippen LogP contribution in [-0.4, -0.2) is 65.9 Å². The highest BCUT2D eigenvalue weighted by molar-refractivity contribution is 6.09. The third-order valence-electron chi connectivity index (χ3n) is 5.13. The molecule has 9 nitrogen and oxygen atoms in total. The summed E-state index contributed by atoms with van der Waals surface area (Å²) in [6.07, 6.45) is 3.44. The second kappa shape index (κ2) is 8.17. The van der Waals surface area contributed by atoms with E-state index >= 15 is 0 Å². The molecule has 142 valence electrons. The minimum atomic E-state index is -0.928. The number of nitrogens with one attached hydrogen (secondary N) is 1. The van der Waals surface area contributed by atoms with E-state index in [0.717, 1.165) is 24.2 Å². The highest BCUT2D eigenvalue weighted by Gasteiger charge is 2.55. The maximum atomic E-state index is 12.7. The number of hydrogen-bond donors (Lipinski definition) is 1. The van der Waals surface area contributed by atoms with Gasteiger partial charge >= 0.3 is 12.0 Å². The molecule has 0 aromatic carbocycles. The van der Waals surface area contributed by atoms with Gasteiger partial charge in [0.1, 0.15) is 12.1 Å². The average Bonchev–Trinajstić information content (AvgIpc) is 2.85. The van der Waals surface area contributed by atoms with Crippen LogP contribution in [0.15, 0.2) is 0 Å². The Morgan fingerprint density at radius 2 is 2.15 bits per heavy atom. The van der Waals surface area contributed by atoms with Gasteiger partial charge in [0.25, 0.3) is 11.8 Å². The lowest BCUT2D eigenvalue weighted by Crippen LogP contribution is -2.54. The Kier molecular flexibility index (Phi) is 6.18. The predicted octanol–water partition coefficient (Wildman–Crippen LogP) is 0.402. The van der Waals surface area contributed by atoms with Gasteiger partial charge in [0, 0.05) is 13.6 Å². The summed E-state index contributed by atoms with van der Waals surface area (Å²) in [7, 11) is 1.50. The summed E-state index contributed by atoms with van der Waals surface area (Å²) in [6, 6.07) is 1.32. The van der Waals surface area contributed by atoms with E-state index in [1.807, 2.05) is 13.0 Å². The van der Waals surface area contributed by atoms with E-state index in [1.165, 1.54) is 11.9 Å². The van der Waals surface area contributed by atoms with E-state index in [-0.39, 0.29) is 18.9 Å². The molecule has 0 unspecified atom stereocenters. The molecule has 0 radical (unpaired) electrons. The van der Waals surface area contributed by atoms with Crippen molar-refractivity contribution in [2.75, 3.05) is 26.7 Å². The normalized spacial score (nSPS) is 25.0. The van der Waals surface area contributed by atoms with Crippen LogP contribution < -0.4 is 5.32 Å². The number of carbonyl (C=O) groups excluding carboxylic acids is 4. The van der Waals surface area contributed by atoms with Crippen LogP contribution in [0, 0.1) is 17.2 Å². The van der Waals surface area contributed by atoms with Gasteiger partial charge in [0.05, 0.1) is 12.5 Å². The third-order valence-corrected chi connectivity index (χ3v) is 5.13. The quantitative estimate of drug-likeness (QED) is 0.538. The lowest BCUT2D eigenvalue weighted by atomic mass is 9.73. The van der Waals surface area contributed by atoms with Gasteiger partial charge in [0.2, 0.25) is 0 Å². The largest absolute Gasteiger partial charge is 0.454 e. The van der Waals surface area contributed by atoms with Crippen molar-refractivity contribution in [3.05, 3.63) is 0 Å². The van der Waals surface area contributed by atoms with Crippen molar-refractivity contribution in [1.29, 1.82) is 5.26 Å². The number of amides is 4. The summed E-state index contributed by atoms with van der Waals surface area (Å²) in [5.74, 6) is -1.67. The van der Waals surface area contributed by atoms with Crippen molar-refractivity contribution in [2.24, 2.45) is 5.92 Å². The molecule has 2 fully saturated rings. The van der Waals surface area contributed by atoms with Crippen molar-refractivity contribution in [1.82, 2.24) is 15.1 Å². The molecule has 1 heterocycles. The maximum Gasteiger partial charge on any atom is 0.326 e. The zero-order valence-corrected chi connectivity index (χ0v) is 15.1. The zero-order valence-electron chi connectivity index (χ0n) is 15.1. The number of carbonyl (C=O) groups is 4. The summed E-state index contributed by atoms with van der Waals surface area (Å²) in [5.41, 5.74) is -0.928. The fourth-order valence-electron chi connectivity index (χ4n) is 3.41. The van der Waals surface area contributed by atoms with Crippen LogP contribution in [0.4, 0.5) is 4.79 Å². The van der Waals surface area contributed by atoms with Crippen LogP contribution in [0.1, 0.15) is 39.0 Å². The molecule has 1 saturated carbocycles. The summed E-state index contributed by atoms with van der Waals surface area (Å²) in [6.45, 7) is 1.15. The molecule has 2 rings (SSSR count). The number of likely N-dealkylation sites (N-methyl/N-ethyl adjacent to an activating group) is 1. The standard InChI is InChI=1S/C17H24N4O5/c1-12-6-3-4-7-17(12)15(24)21(16(25)19-17)10-14(23)26-11-13(22)20(2)9-5-8-18/h12H,3-7,9-11H2,1-2H3,(H,19,25)/t12-,17-/m1/s1. The molecule has 2 aliphatic rings. The third kappa shape index (κ3) is 3.95. The Balaban J connectivity index is 1.89. The Labute approximate surface area is 152 Å². The lowest BCUT2D eigenvalue weighted by molar-refractivity contribution is -0.153. The molecular formula is C17H24N4O5. The Morgan fingerprint density at radius 1 is 1.42 bits per heavy atom. The van der Waals surface area contributed by atoms with Gasteiger partial charge in [-0.15, -0.1) is 0 Å². The van der Waals surface area contributed by atoms with E-state index in [0.29, 0.717) is 6.42 Å². The summed E-state index contributed by atoms with van der Waals surface area (Å²) in [5, 5.41) is 11.3. The first-order valence-corrected chi connectivity index (χ1v) is 8.72. The minimum absolute atomic E-state index is 0.00378. The first kappa shape index (κ1) is 19.7. The molecule has 0 aromatic rings. The summed E-state index contributed by atoms with van der Waals surface area (Å²) in [4.78, 5) is 50.8. The second-order valence-corrected chi connectivity index (χ2v) is 6.82. The molecule has 1 aliphatic carbocycles. The molecule has 1 saturated heterocycles. The molecule has 9 heteroatoms. The predicted molar refractivity (Wildman–Crippen MR) is 89.4 cm³/mol. The van der Waals surface area contributed by atoms with Gasteiger partial charge in [0.15, 0.2) is 6.61 Å². The van der Waals surface area contributed by atoms with Crippen LogP contribution in [0.2, 0.25) is 0 Å². The van der Waals surface area contributed by atoms with Crippen molar-refractivity contribution in [2.45, 2.75) is 44.6 Å². The molecule has 1 aliphatic heterocycles. The average molecular weight is 364 g/mol. The number of imide groups is 1. The topological polar surface area (TPSA) is 120 Å². The Hall–Kier alpha value is -2.63. The molecule has 2 atom stereocenters. The van der Waals surface area contributed by atoms with Crippen LogP contribution >= 0.6 is 0 Å². The lowest BCUT2D eigenvalue weighted by Gasteiger charge is -2.36. The summed E-state index contributed by atoms with van der Waals surface area (Å²) < 4.78 is 4.88. The monoisotopic (exact) mass is 364 g/mol. The fraction of sp³-hybridized carbons (Fsp3) is 0.706. The van der Waals surface area contributed by atoms with Crippen molar-refractivity contribution in [3.8, 4) is 6.07 Å². The number of esters is 1. The van der Waals surface area contributed by atoms with E-state index in [1.54, 1.807) is 0 Å². The number of hydrogen-bond acceptors (Lipinski definition) is 6. The van der Waals surface area contributed by atoms with Crippen molar-refractivity contribution in [3.63, 3.8) is 0 Å². The molecule has 4 amide bonds. The van der Waals surface area contributed by atoms with E-state index < -0.39 is 42.5 Å². The van der Waals surface area contributed by atoms with Crippen molar-refractivity contribution < 1.29 is 23.9 Å². The van der Waals surface area contributed by atoms with Gasteiger partial charge in [-0.05, 0) is 18.8 Å². The number of rotatable bonds is 6. The second-order valence-electron chi connectivity index (χ2n) is 6.82. The molecular weight excluding hydrogens is 340 g/mol. The fourth-order valence-corrected chi connectivity index (χ4v) is 3.41. The first-order valence-electron chi connectivity index (χ1n) is 8.72. The summed E-state index contributed by atoms with van der Waals surface area (Å²) >= 11 is 0. The van der Waals surface area contributed by atoms with Crippen LogP contribution in [0.3, 0.4) is 0 Å². The van der Waals surface area contributed by atoms with E-state index in [2.05, 4.69) is 5.32 Å². The zero-order chi connectivity index (χ0) is 19.3. The molecule has 1 N–H and O–H groups in total. The Bertz CT molecular complexity index is 644. The highest BCUT2D eigenvalue weighted by Crippen LogP contribution is 2.38. The minimum Gasteiger partial charge on any atom is -0.454 e. The number of urea groups is 1. The SMILES string of the molecule is C[C@@H]1CCCC[C@@]12NC(=O)N(CC(=O)OCC(=O)N(C)CCC#N)C2=O. The number of nitriles is 1. The van der Waals surface area contributed by atoms with Crippen LogP contribution in [0.5, 0.6) is 0 Å². The molecule has 26 heavy (non-hydrogen) atoms. The van der Waals surface area contributed by atoms with Gasteiger partial charge in [-0.1, -0.05) is 19.8 Å². The molecule has 0 aromatic heterocycles. The smallest absolute Gasteiger partial charge is 0.326 e. The van der Waals surface area contributed by atoms with Crippen molar-refractivity contribution >= 4 is 23.8 Å². The van der Waals surface area contributed by atoms with E-state index in [9.17, 15) is 19.2 Å². The number of ether oxygens (including phenoxy) is 1. The maximum absolute atomic E-state index is 12.7. The molecule has 0 bridgehead atoms. The molecule has 1 spiro atoms. The van der Waals surface area contributed by atoms with Gasteiger partial charge < -0.3 is 15.0 Å². The van der Waals surface area contributed by atoms with Crippen LogP contribution in [0.25, 0.3) is 0 Å². The van der Waals surface area contributed by atoms with Gasteiger partial charge in [-0.3, -0.25) is 19.3 Å². The van der Waals surface area contributed by atoms with Gasteiger partial charge in [-0.2, -0.15) is 5.26 Å². The van der Waals surface area contributed by atoms with E-state index in [4.69, 9.17) is 10.00 Å². The first-order chi connectivity index (χ1) is 12.3.